The van der Waals surface area contributed by atoms with Gasteiger partial charge in [-0.05, 0) is 57.2 Å². The van der Waals surface area contributed by atoms with Crippen molar-refractivity contribution in [3.05, 3.63) is 53.1 Å². The van der Waals surface area contributed by atoms with Gasteiger partial charge in [0.05, 0.1) is 19.8 Å². The summed E-state index contributed by atoms with van der Waals surface area (Å²) in [6, 6.07) is 10.2. The van der Waals surface area contributed by atoms with Crippen molar-refractivity contribution >= 4 is 20.3 Å². The third-order valence-corrected chi connectivity index (χ3v) is 6.29. The number of methoxy groups -OCH3 is 1. The topological polar surface area (TPSA) is 167 Å². The summed E-state index contributed by atoms with van der Waals surface area (Å²) in [5, 5.41) is 19.3. The summed E-state index contributed by atoms with van der Waals surface area (Å²) in [7, 11) is -0.308. The minimum Gasteiger partial charge on any atom is -0.468 e. The Hall–Kier alpha value is -2.60. The monoisotopic (exact) mass is 554 g/mol. The molecule has 5 N–H and O–H groups in total. The van der Waals surface area contributed by atoms with Gasteiger partial charge in [0.25, 0.3) is 0 Å². The summed E-state index contributed by atoms with van der Waals surface area (Å²) in [5.41, 5.74) is 5.11. The smallest absolute Gasteiger partial charge is 0.351 e. The van der Waals surface area contributed by atoms with Gasteiger partial charge in [0.2, 0.25) is 0 Å². The van der Waals surface area contributed by atoms with E-state index in [2.05, 4.69) is 10.1 Å². The van der Waals surface area contributed by atoms with E-state index in [9.17, 15) is 9.59 Å². The van der Waals surface area contributed by atoms with Crippen molar-refractivity contribution in [2.45, 2.75) is 71.1 Å². The average Bonchev–Trinajstić information content (AvgIpc) is 3.29. The van der Waals surface area contributed by atoms with Gasteiger partial charge in [0.15, 0.2) is 5.79 Å². The number of carbonyl (C=O) groups excluding carboxylic acids is 1. The Morgan fingerprint density at radius 2 is 1.92 bits per heavy atom. The second-order valence-electron chi connectivity index (χ2n) is 9.62. The third kappa shape index (κ3) is 11.8. The minimum atomic E-state index is -1.67. The molecule has 4 unspecified atom stereocenters. The van der Waals surface area contributed by atoms with E-state index in [0.29, 0.717) is 25.0 Å². The highest BCUT2D eigenvalue weighted by atomic mass is 31.2. The molecule has 1 aliphatic heterocycles. The van der Waals surface area contributed by atoms with E-state index in [0.717, 1.165) is 0 Å². The quantitative estimate of drug-likeness (QED) is 0.183. The Labute approximate surface area is 224 Å². The molecule has 13 heteroatoms. The van der Waals surface area contributed by atoms with Crippen LogP contribution in [-0.2, 0) is 18.8 Å². The Kier molecular flexibility index (Phi) is 12.6. The molecule has 212 valence electrons. The number of hydrogen-bond acceptors (Lipinski definition) is 11. The van der Waals surface area contributed by atoms with E-state index < -0.39 is 32.3 Å². The molecular weight excluding hydrogens is 515 g/mol. The molecule has 1 fully saturated rings. The van der Waals surface area contributed by atoms with E-state index in [4.69, 9.17) is 34.5 Å². The Morgan fingerprint density at radius 1 is 1.26 bits per heavy atom. The van der Waals surface area contributed by atoms with Crippen molar-refractivity contribution in [1.29, 1.82) is 0 Å². The Balaban J connectivity index is 0.000000926. The number of nitrogens with two attached hydrogens (primary N) is 1. The maximum atomic E-state index is 12.3. The molecule has 0 saturated carbocycles. The number of carbonyl (C=O) groups is 1. The van der Waals surface area contributed by atoms with Crippen LogP contribution in [-0.4, -0.2) is 57.4 Å². The molecule has 0 spiro atoms. The van der Waals surface area contributed by atoms with Gasteiger partial charge < -0.3 is 34.5 Å². The Morgan fingerprint density at radius 3 is 2.50 bits per heavy atom. The van der Waals surface area contributed by atoms with Gasteiger partial charge in [-0.2, -0.15) is 4.98 Å². The van der Waals surface area contributed by atoms with Gasteiger partial charge in [-0.15, -0.1) is 0 Å². The first-order valence-electron chi connectivity index (χ1n) is 12.3. The standard InChI is InChI=1S/C22H31N4O6P.C3H8O2/c1-15(2)13-18(21(27)29-3)25-33(32-16-7-5-4-6-8-16)30-14-17-9-10-20(31-17)26-12-11-19(23)24-22(26)28;1-3(2,4)5/h4-8,11-12,15,17-18,20,25H,9-10,13-14H2,1-3H3,(H2,23,24,28);4-5H,1-2H3. The van der Waals surface area contributed by atoms with E-state index in [-0.39, 0.29) is 30.4 Å². The zero-order chi connectivity index (χ0) is 28.3. The molecule has 1 saturated heterocycles. The SMILES string of the molecule is CC(C)(O)O.COC(=O)C(CC(C)C)NP(OCC1CCC(n2ccc(N)nc2=O)O1)Oc1ccccc1. The van der Waals surface area contributed by atoms with Crippen molar-refractivity contribution in [3.8, 4) is 5.75 Å². The number of rotatable bonds is 11. The molecule has 3 rings (SSSR count). The number of ether oxygens (including phenoxy) is 2. The molecule has 12 nitrogen and oxygen atoms in total. The first kappa shape index (κ1) is 31.6. The fraction of sp³-hybridized carbons (Fsp3) is 0.560. The van der Waals surface area contributed by atoms with Gasteiger partial charge in [-0.25, -0.2) is 9.88 Å². The maximum absolute atomic E-state index is 12.3. The summed E-state index contributed by atoms with van der Waals surface area (Å²) in [4.78, 5) is 28.1. The molecule has 0 aliphatic carbocycles. The third-order valence-electron chi connectivity index (χ3n) is 5.01. The number of nitrogens with zero attached hydrogens (tertiary/aromatic N) is 2. The largest absolute Gasteiger partial charge is 0.468 e. The van der Waals surface area contributed by atoms with Crippen LogP contribution >= 0.6 is 8.53 Å². The second kappa shape index (κ2) is 15.1. The van der Waals surface area contributed by atoms with E-state index in [1.165, 1.54) is 25.5 Å². The second-order valence-corrected chi connectivity index (χ2v) is 10.8. The number of anilines is 1. The van der Waals surface area contributed by atoms with Gasteiger partial charge in [-0.1, -0.05) is 32.0 Å². The first-order valence-corrected chi connectivity index (χ1v) is 13.5. The lowest BCUT2D eigenvalue weighted by Crippen LogP contribution is -2.37. The number of esters is 1. The van der Waals surface area contributed by atoms with E-state index in [1.54, 1.807) is 12.3 Å². The summed E-state index contributed by atoms with van der Waals surface area (Å²) in [5.74, 6) is -0.816. The molecule has 1 aliphatic rings. The van der Waals surface area contributed by atoms with Crippen LogP contribution in [0.15, 0.2) is 47.4 Å². The highest BCUT2D eigenvalue weighted by molar-refractivity contribution is 7.45. The molecule has 4 atom stereocenters. The van der Waals surface area contributed by atoms with Crippen LogP contribution in [0, 0.1) is 5.92 Å². The van der Waals surface area contributed by atoms with E-state index >= 15 is 0 Å². The number of hydrogen-bond donors (Lipinski definition) is 4. The summed E-state index contributed by atoms with van der Waals surface area (Å²) >= 11 is 0. The predicted octanol–water partition coefficient (Wildman–Crippen LogP) is 2.71. The van der Waals surface area contributed by atoms with Crippen LogP contribution in [0.5, 0.6) is 5.75 Å². The van der Waals surface area contributed by atoms with Gasteiger partial charge in [0.1, 0.15) is 23.8 Å². The van der Waals surface area contributed by atoms with Crippen molar-refractivity contribution in [3.63, 3.8) is 0 Å². The fourth-order valence-electron chi connectivity index (χ4n) is 3.42. The van der Waals surface area contributed by atoms with Crippen LogP contribution in [0.4, 0.5) is 5.82 Å². The molecular formula is C25H39N4O8P. The van der Waals surface area contributed by atoms with Crippen molar-refractivity contribution < 1.29 is 33.5 Å². The predicted molar refractivity (Wildman–Crippen MR) is 143 cm³/mol. The summed E-state index contributed by atoms with van der Waals surface area (Å²) in [6.45, 7) is 6.88. The van der Waals surface area contributed by atoms with Crippen LogP contribution in [0.25, 0.3) is 0 Å². The maximum Gasteiger partial charge on any atom is 0.351 e. The van der Waals surface area contributed by atoms with Gasteiger partial charge in [-0.3, -0.25) is 9.36 Å². The number of nitrogen functional groups attached to an aromatic ring is 1. The van der Waals surface area contributed by atoms with Gasteiger partial charge in [0, 0.05) is 6.20 Å². The number of aliphatic hydroxyl groups is 2. The zero-order valence-electron chi connectivity index (χ0n) is 22.4. The summed E-state index contributed by atoms with van der Waals surface area (Å²) in [6.07, 6.45) is 2.82. The number of para-hydroxylation sites is 1. The van der Waals surface area contributed by atoms with Crippen LogP contribution in [0.3, 0.4) is 0 Å². The molecule has 1 aromatic carbocycles. The van der Waals surface area contributed by atoms with Crippen LogP contribution < -0.4 is 21.0 Å². The van der Waals surface area contributed by atoms with Crippen molar-refractivity contribution in [2.24, 2.45) is 5.92 Å². The lowest BCUT2D eigenvalue weighted by Gasteiger charge is -2.25. The molecule has 1 aromatic heterocycles. The van der Waals surface area contributed by atoms with Gasteiger partial charge >= 0.3 is 20.2 Å². The van der Waals surface area contributed by atoms with Crippen LogP contribution in [0.1, 0.15) is 53.2 Å². The first-order chi connectivity index (χ1) is 17.9. The Bertz CT molecular complexity index is 1040. The average molecular weight is 555 g/mol. The molecule has 2 aromatic rings. The molecule has 0 amide bonds. The highest BCUT2D eigenvalue weighted by Gasteiger charge is 2.31. The summed E-state index contributed by atoms with van der Waals surface area (Å²) < 4.78 is 24.4. The minimum absolute atomic E-state index is 0.172. The number of aromatic nitrogens is 2. The van der Waals surface area contributed by atoms with Crippen molar-refractivity contribution in [2.75, 3.05) is 19.5 Å². The molecule has 0 bridgehead atoms. The van der Waals surface area contributed by atoms with E-state index in [1.807, 2.05) is 44.2 Å². The molecule has 38 heavy (non-hydrogen) atoms. The molecule has 2 heterocycles. The lowest BCUT2D eigenvalue weighted by atomic mass is 10.1. The van der Waals surface area contributed by atoms with Crippen molar-refractivity contribution in [1.82, 2.24) is 14.6 Å². The lowest BCUT2D eigenvalue weighted by molar-refractivity contribution is -0.143. The highest BCUT2D eigenvalue weighted by Crippen LogP contribution is 2.38. The molecule has 0 radical (unpaired) electrons. The zero-order valence-corrected chi connectivity index (χ0v) is 23.3. The van der Waals surface area contributed by atoms with Crippen LogP contribution in [0.2, 0.25) is 0 Å². The number of nitrogens with one attached hydrogen (secondary N) is 1. The fourth-order valence-corrected chi connectivity index (χ4v) is 4.68. The normalized spacial score (nSPS) is 18.8. The number of benzene rings is 1.